The summed E-state index contributed by atoms with van der Waals surface area (Å²) in [6, 6.07) is 6.73. The van der Waals surface area contributed by atoms with Gasteiger partial charge in [-0.3, -0.25) is 0 Å². The minimum Gasteiger partial charge on any atom is -0.472 e. The fraction of sp³-hybridized carbons (Fsp3) is 0.0909. The van der Waals surface area contributed by atoms with Gasteiger partial charge in [-0.2, -0.15) is 0 Å². The smallest absolute Gasteiger partial charge is 0.107 e. The Hall–Kier alpha value is -0.960. The summed E-state index contributed by atoms with van der Waals surface area (Å²) in [5.74, 6) is 0. The van der Waals surface area contributed by atoms with Gasteiger partial charge in [0.2, 0.25) is 0 Å². The summed E-state index contributed by atoms with van der Waals surface area (Å²) in [6.45, 7) is 0. The summed E-state index contributed by atoms with van der Waals surface area (Å²) in [5, 5.41) is 10.8. The third kappa shape index (κ3) is 2.17. The maximum Gasteiger partial charge on any atom is 0.107 e. The molecule has 0 saturated carbocycles. The van der Waals surface area contributed by atoms with Crippen molar-refractivity contribution in [1.82, 2.24) is 0 Å². The first-order valence-corrected chi connectivity index (χ1v) is 5.09. The summed E-state index contributed by atoms with van der Waals surface area (Å²) in [5.41, 5.74) is 1.37. The molecule has 1 aromatic carbocycles. The van der Waals surface area contributed by atoms with E-state index in [1.54, 1.807) is 24.3 Å². The first kappa shape index (κ1) is 10.6. The van der Waals surface area contributed by atoms with Gasteiger partial charge in [-0.15, -0.1) is 0 Å². The average molecular weight is 243 g/mol. The normalized spacial score (nSPS) is 12.7. The maximum atomic E-state index is 9.93. The zero-order valence-corrected chi connectivity index (χ0v) is 9.16. The van der Waals surface area contributed by atoms with Crippen molar-refractivity contribution in [3.63, 3.8) is 0 Å². The van der Waals surface area contributed by atoms with Crippen molar-refractivity contribution in [2.75, 3.05) is 0 Å². The highest BCUT2D eigenvalue weighted by atomic mass is 35.5. The zero-order valence-electron chi connectivity index (χ0n) is 7.65. The molecular weight excluding hydrogens is 235 g/mol. The van der Waals surface area contributed by atoms with Gasteiger partial charge in [0.25, 0.3) is 0 Å². The Kier molecular flexibility index (Phi) is 3.00. The van der Waals surface area contributed by atoms with Gasteiger partial charge in [-0.05, 0) is 23.8 Å². The Bertz CT molecular complexity index is 452. The largest absolute Gasteiger partial charge is 0.472 e. The lowest BCUT2D eigenvalue weighted by molar-refractivity contribution is 0.219. The van der Waals surface area contributed by atoms with Crippen molar-refractivity contribution < 1.29 is 9.52 Å². The molecule has 2 nitrogen and oxygen atoms in total. The Balaban J connectivity index is 2.34. The second kappa shape index (κ2) is 4.27. The van der Waals surface area contributed by atoms with E-state index in [0.29, 0.717) is 21.2 Å². The number of halogens is 2. The molecule has 1 heterocycles. The Morgan fingerprint density at radius 3 is 2.47 bits per heavy atom. The highest BCUT2D eigenvalue weighted by molar-refractivity contribution is 6.42. The van der Waals surface area contributed by atoms with Crippen LogP contribution in [0.4, 0.5) is 0 Å². The highest BCUT2D eigenvalue weighted by Crippen LogP contribution is 2.28. The molecule has 0 aliphatic carbocycles. The second-order valence-corrected chi connectivity index (χ2v) is 3.95. The monoisotopic (exact) mass is 242 g/mol. The molecule has 0 amide bonds. The SMILES string of the molecule is O[C@@H](c1ccoc1)c1ccc(Cl)c(Cl)c1. The Morgan fingerprint density at radius 2 is 1.87 bits per heavy atom. The van der Waals surface area contributed by atoms with E-state index in [1.807, 2.05) is 0 Å². The highest BCUT2D eigenvalue weighted by Gasteiger charge is 2.12. The maximum absolute atomic E-state index is 9.93. The molecule has 0 aliphatic rings. The average Bonchev–Trinajstić information content (AvgIpc) is 2.74. The molecule has 1 atom stereocenters. The molecule has 0 aliphatic heterocycles. The van der Waals surface area contributed by atoms with Gasteiger partial charge < -0.3 is 9.52 Å². The molecule has 15 heavy (non-hydrogen) atoms. The van der Waals surface area contributed by atoms with Crippen LogP contribution in [0.1, 0.15) is 17.2 Å². The predicted octanol–water partition coefficient (Wildman–Crippen LogP) is 3.67. The molecule has 0 radical (unpaired) electrons. The number of hydrogen-bond acceptors (Lipinski definition) is 2. The van der Waals surface area contributed by atoms with Crippen LogP contribution in [0.2, 0.25) is 10.0 Å². The van der Waals surface area contributed by atoms with Gasteiger partial charge in [0.1, 0.15) is 6.10 Å². The lowest BCUT2D eigenvalue weighted by atomic mass is 10.0. The number of rotatable bonds is 2. The minimum absolute atomic E-state index is 0.428. The van der Waals surface area contributed by atoms with Crippen LogP contribution in [-0.4, -0.2) is 5.11 Å². The van der Waals surface area contributed by atoms with Gasteiger partial charge in [0.05, 0.1) is 22.6 Å². The minimum atomic E-state index is -0.737. The van der Waals surface area contributed by atoms with Crippen LogP contribution in [-0.2, 0) is 0 Å². The van der Waals surface area contributed by atoms with Crippen LogP contribution in [0.25, 0.3) is 0 Å². The molecule has 2 rings (SSSR count). The molecule has 0 unspecified atom stereocenters. The lowest BCUT2D eigenvalue weighted by Gasteiger charge is -2.09. The van der Waals surface area contributed by atoms with Crippen LogP contribution in [0.3, 0.4) is 0 Å². The number of benzene rings is 1. The summed E-state index contributed by atoms with van der Waals surface area (Å²) in [7, 11) is 0. The molecule has 1 aromatic heterocycles. The number of furan rings is 1. The van der Waals surface area contributed by atoms with Crippen molar-refractivity contribution >= 4 is 23.2 Å². The van der Waals surface area contributed by atoms with E-state index < -0.39 is 6.10 Å². The van der Waals surface area contributed by atoms with E-state index in [4.69, 9.17) is 27.6 Å². The fourth-order valence-electron chi connectivity index (χ4n) is 1.31. The van der Waals surface area contributed by atoms with Crippen molar-refractivity contribution in [3.8, 4) is 0 Å². The molecule has 0 spiro atoms. The zero-order chi connectivity index (χ0) is 10.8. The molecule has 78 valence electrons. The third-order valence-corrected chi connectivity index (χ3v) is 2.86. The second-order valence-electron chi connectivity index (χ2n) is 3.13. The van der Waals surface area contributed by atoms with E-state index in [-0.39, 0.29) is 0 Å². The summed E-state index contributed by atoms with van der Waals surface area (Å²) in [6.07, 6.45) is 2.27. The van der Waals surface area contributed by atoms with Crippen LogP contribution in [0.15, 0.2) is 41.2 Å². The van der Waals surface area contributed by atoms with E-state index >= 15 is 0 Å². The van der Waals surface area contributed by atoms with Crippen molar-refractivity contribution in [3.05, 3.63) is 58.0 Å². The van der Waals surface area contributed by atoms with E-state index in [1.165, 1.54) is 12.5 Å². The van der Waals surface area contributed by atoms with Gasteiger partial charge >= 0.3 is 0 Å². The van der Waals surface area contributed by atoms with Gasteiger partial charge in [0.15, 0.2) is 0 Å². The quantitative estimate of drug-likeness (QED) is 0.872. The Labute approximate surface area is 97.0 Å². The topological polar surface area (TPSA) is 33.4 Å². The first-order valence-electron chi connectivity index (χ1n) is 4.33. The summed E-state index contributed by atoms with van der Waals surface area (Å²) < 4.78 is 4.89. The van der Waals surface area contributed by atoms with Gasteiger partial charge in [-0.1, -0.05) is 29.3 Å². The van der Waals surface area contributed by atoms with Crippen LogP contribution < -0.4 is 0 Å². The molecule has 4 heteroatoms. The first-order chi connectivity index (χ1) is 7.18. The molecule has 0 bridgehead atoms. The lowest BCUT2D eigenvalue weighted by Crippen LogP contribution is -1.97. The fourth-order valence-corrected chi connectivity index (χ4v) is 1.61. The van der Waals surface area contributed by atoms with Crippen molar-refractivity contribution in [2.45, 2.75) is 6.10 Å². The van der Waals surface area contributed by atoms with Crippen LogP contribution in [0, 0.1) is 0 Å². The van der Waals surface area contributed by atoms with Gasteiger partial charge in [-0.25, -0.2) is 0 Å². The summed E-state index contributed by atoms with van der Waals surface area (Å²) in [4.78, 5) is 0. The third-order valence-electron chi connectivity index (χ3n) is 2.12. The van der Waals surface area contributed by atoms with Gasteiger partial charge in [0, 0.05) is 5.56 Å². The van der Waals surface area contributed by atoms with Crippen molar-refractivity contribution in [1.29, 1.82) is 0 Å². The number of hydrogen-bond donors (Lipinski definition) is 1. The van der Waals surface area contributed by atoms with E-state index in [0.717, 1.165) is 0 Å². The Morgan fingerprint density at radius 1 is 1.07 bits per heavy atom. The van der Waals surface area contributed by atoms with Crippen molar-refractivity contribution in [2.24, 2.45) is 0 Å². The number of aliphatic hydroxyl groups is 1. The van der Waals surface area contributed by atoms with Crippen LogP contribution >= 0.6 is 23.2 Å². The predicted molar refractivity (Wildman–Crippen MR) is 59.2 cm³/mol. The molecular formula is C11H8Cl2O2. The van der Waals surface area contributed by atoms with E-state index in [9.17, 15) is 5.11 Å². The number of aliphatic hydroxyl groups excluding tert-OH is 1. The molecule has 1 N–H and O–H groups in total. The molecule has 0 fully saturated rings. The van der Waals surface area contributed by atoms with Crippen LogP contribution in [0.5, 0.6) is 0 Å². The van der Waals surface area contributed by atoms with E-state index in [2.05, 4.69) is 0 Å². The standard InChI is InChI=1S/C11H8Cl2O2/c12-9-2-1-7(5-10(9)13)11(14)8-3-4-15-6-8/h1-6,11,14H/t11-/m1/s1. The summed E-state index contributed by atoms with van der Waals surface area (Å²) >= 11 is 11.6. The molecule has 0 saturated heterocycles. The molecule has 2 aromatic rings.